The molecule has 2 atom stereocenters. The van der Waals surface area contributed by atoms with Crippen molar-refractivity contribution in [2.24, 2.45) is 0 Å². The summed E-state index contributed by atoms with van der Waals surface area (Å²) in [6, 6.07) is 6.51. The van der Waals surface area contributed by atoms with Gasteiger partial charge in [-0.3, -0.25) is 9.69 Å². The lowest BCUT2D eigenvalue weighted by molar-refractivity contribution is -0.167. The third-order valence-electron chi connectivity index (χ3n) is 4.67. The van der Waals surface area contributed by atoms with Crippen molar-refractivity contribution in [1.82, 2.24) is 4.90 Å². The molecule has 1 aromatic rings. The summed E-state index contributed by atoms with van der Waals surface area (Å²) in [4.78, 5) is 26.6. The molecular formula is C22H33NO5. The van der Waals surface area contributed by atoms with Crippen LogP contribution < -0.4 is 4.74 Å². The highest BCUT2D eigenvalue weighted by Gasteiger charge is 2.41. The van der Waals surface area contributed by atoms with Gasteiger partial charge < -0.3 is 14.2 Å². The van der Waals surface area contributed by atoms with Crippen molar-refractivity contribution in [3.8, 4) is 5.75 Å². The molecule has 0 aliphatic carbocycles. The summed E-state index contributed by atoms with van der Waals surface area (Å²) in [6.45, 7) is 12.7. The summed E-state index contributed by atoms with van der Waals surface area (Å²) >= 11 is 0. The Morgan fingerprint density at radius 3 is 2.14 bits per heavy atom. The largest absolute Gasteiger partial charge is 0.490 e. The normalized spacial score (nSPS) is 21.1. The van der Waals surface area contributed by atoms with Gasteiger partial charge in [-0.25, -0.2) is 4.79 Å². The van der Waals surface area contributed by atoms with Crippen LogP contribution in [-0.4, -0.2) is 53.8 Å². The molecule has 0 radical (unpaired) electrons. The van der Waals surface area contributed by atoms with E-state index in [2.05, 4.69) is 25.7 Å². The number of ether oxygens (including phenoxy) is 3. The lowest BCUT2D eigenvalue weighted by atomic mass is 9.92. The first-order valence-electron chi connectivity index (χ1n) is 9.75. The van der Waals surface area contributed by atoms with Crippen LogP contribution in [0.4, 0.5) is 0 Å². The molecule has 0 amide bonds. The molecule has 1 fully saturated rings. The quantitative estimate of drug-likeness (QED) is 0.727. The number of nitrogens with zero attached hydrogens (tertiary/aromatic N) is 1. The summed E-state index contributed by atoms with van der Waals surface area (Å²) in [5, 5.41) is 0. The maximum Gasteiger partial charge on any atom is 0.337 e. The van der Waals surface area contributed by atoms with Gasteiger partial charge in [-0.15, -0.1) is 0 Å². The van der Waals surface area contributed by atoms with Crippen LogP contribution in [0.25, 0.3) is 0 Å². The van der Waals surface area contributed by atoms with Gasteiger partial charge in [0, 0.05) is 18.5 Å². The Bertz CT molecular complexity index is 684. The molecule has 6 nitrogen and oxygen atoms in total. The first-order valence-corrected chi connectivity index (χ1v) is 9.75. The number of esters is 2. The fraction of sp³-hybridized carbons (Fsp3) is 0.636. The molecule has 1 aliphatic heterocycles. The van der Waals surface area contributed by atoms with Crippen LogP contribution >= 0.6 is 0 Å². The number of benzene rings is 1. The topological polar surface area (TPSA) is 65.1 Å². The predicted molar refractivity (Wildman–Crippen MR) is 108 cm³/mol. The SMILES string of the molecule is COC(=O)c1ccc(OC2CCN(C(C)(C)C)C(C(=O)OC(C)(C)C)C2)cc1. The van der Waals surface area contributed by atoms with E-state index in [9.17, 15) is 9.59 Å². The number of rotatable bonds is 4. The highest BCUT2D eigenvalue weighted by Crippen LogP contribution is 2.30. The molecule has 6 heteroatoms. The van der Waals surface area contributed by atoms with Crippen molar-refractivity contribution >= 4 is 11.9 Å². The van der Waals surface area contributed by atoms with Gasteiger partial charge >= 0.3 is 11.9 Å². The number of carbonyl (C=O) groups excluding carboxylic acids is 2. The number of hydrogen-bond acceptors (Lipinski definition) is 6. The zero-order valence-corrected chi connectivity index (χ0v) is 18.1. The first kappa shape index (κ1) is 22.2. The van der Waals surface area contributed by atoms with E-state index in [-0.39, 0.29) is 29.6 Å². The average molecular weight is 392 g/mol. The Balaban J connectivity index is 2.11. The Morgan fingerprint density at radius 1 is 1.04 bits per heavy atom. The monoisotopic (exact) mass is 391 g/mol. The lowest BCUT2D eigenvalue weighted by Crippen LogP contribution is -2.58. The summed E-state index contributed by atoms with van der Waals surface area (Å²) < 4.78 is 16.5. The molecule has 1 aromatic carbocycles. The third-order valence-corrected chi connectivity index (χ3v) is 4.67. The number of hydrogen-bond donors (Lipinski definition) is 0. The second kappa shape index (κ2) is 8.52. The minimum atomic E-state index is -0.530. The minimum Gasteiger partial charge on any atom is -0.490 e. The van der Waals surface area contributed by atoms with Crippen molar-refractivity contribution in [3.63, 3.8) is 0 Å². The van der Waals surface area contributed by atoms with Crippen LogP contribution in [-0.2, 0) is 14.3 Å². The van der Waals surface area contributed by atoms with Crippen molar-refractivity contribution in [2.75, 3.05) is 13.7 Å². The highest BCUT2D eigenvalue weighted by molar-refractivity contribution is 5.89. The van der Waals surface area contributed by atoms with Gasteiger partial charge in [0.1, 0.15) is 23.5 Å². The van der Waals surface area contributed by atoms with Crippen LogP contribution in [0, 0.1) is 0 Å². The molecule has 0 aromatic heterocycles. The summed E-state index contributed by atoms with van der Waals surface area (Å²) in [5.41, 5.74) is -0.198. The van der Waals surface area contributed by atoms with Crippen molar-refractivity contribution < 1.29 is 23.8 Å². The van der Waals surface area contributed by atoms with Crippen LogP contribution in [0.5, 0.6) is 5.75 Å². The number of methoxy groups -OCH3 is 1. The first-order chi connectivity index (χ1) is 12.9. The Kier molecular flexibility index (Phi) is 6.75. The highest BCUT2D eigenvalue weighted by atomic mass is 16.6. The predicted octanol–water partition coefficient (Wildman–Crippen LogP) is 3.83. The van der Waals surface area contributed by atoms with Crippen molar-refractivity contribution in [1.29, 1.82) is 0 Å². The molecular weight excluding hydrogens is 358 g/mol. The molecule has 1 heterocycles. The molecule has 1 saturated heterocycles. The van der Waals surface area contributed by atoms with Gasteiger partial charge in [-0.1, -0.05) is 0 Å². The second-order valence-corrected chi connectivity index (χ2v) is 9.19. The Hall–Kier alpha value is -2.08. The summed E-state index contributed by atoms with van der Waals surface area (Å²) in [6.07, 6.45) is 1.28. The lowest BCUT2D eigenvalue weighted by Gasteiger charge is -2.45. The fourth-order valence-corrected chi connectivity index (χ4v) is 3.42. The molecule has 156 valence electrons. The van der Waals surface area contributed by atoms with Crippen molar-refractivity contribution in [2.45, 2.75) is 77.7 Å². The zero-order chi connectivity index (χ0) is 21.1. The van der Waals surface area contributed by atoms with Gasteiger partial charge in [0.2, 0.25) is 0 Å². The van der Waals surface area contributed by atoms with E-state index in [0.29, 0.717) is 17.7 Å². The molecule has 0 spiro atoms. The Labute approximate surface area is 168 Å². The van der Waals surface area contributed by atoms with E-state index in [1.165, 1.54) is 7.11 Å². The number of carbonyl (C=O) groups is 2. The van der Waals surface area contributed by atoms with E-state index in [4.69, 9.17) is 14.2 Å². The van der Waals surface area contributed by atoms with Gasteiger partial charge in [-0.2, -0.15) is 0 Å². The van der Waals surface area contributed by atoms with Gasteiger partial charge in [0.05, 0.1) is 12.7 Å². The maximum absolute atomic E-state index is 12.9. The molecule has 0 saturated carbocycles. The molecule has 1 aliphatic rings. The average Bonchev–Trinajstić information content (AvgIpc) is 2.59. The minimum absolute atomic E-state index is 0.0971. The Morgan fingerprint density at radius 2 is 1.64 bits per heavy atom. The van der Waals surface area contributed by atoms with Gasteiger partial charge in [-0.05, 0) is 72.2 Å². The van der Waals surface area contributed by atoms with E-state index in [0.717, 1.165) is 13.0 Å². The van der Waals surface area contributed by atoms with E-state index >= 15 is 0 Å². The van der Waals surface area contributed by atoms with Gasteiger partial charge in [0.15, 0.2) is 0 Å². The third kappa shape index (κ3) is 5.96. The zero-order valence-electron chi connectivity index (χ0n) is 18.1. The van der Waals surface area contributed by atoms with Crippen molar-refractivity contribution in [3.05, 3.63) is 29.8 Å². The molecule has 0 N–H and O–H groups in total. The fourth-order valence-electron chi connectivity index (χ4n) is 3.42. The van der Waals surface area contributed by atoms with E-state index in [1.54, 1.807) is 24.3 Å². The molecule has 0 bridgehead atoms. The maximum atomic E-state index is 12.9. The number of likely N-dealkylation sites (tertiary alicyclic amines) is 1. The van der Waals surface area contributed by atoms with E-state index < -0.39 is 5.60 Å². The summed E-state index contributed by atoms with van der Waals surface area (Å²) in [7, 11) is 1.35. The van der Waals surface area contributed by atoms with Crippen LogP contribution in [0.3, 0.4) is 0 Å². The second-order valence-electron chi connectivity index (χ2n) is 9.19. The van der Waals surface area contributed by atoms with E-state index in [1.807, 2.05) is 20.8 Å². The van der Waals surface area contributed by atoms with Crippen LogP contribution in [0.1, 0.15) is 64.7 Å². The molecule has 28 heavy (non-hydrogen) atoms. The van der Waals surface area contributed by atoms with Crippen LogP contribution in [0.2, 0.25) is 0 Å². The summed E-state index contributed by atoms with van der Waals surface area (Å²) in [5.74, 6) is 0.0802. The smallest absolute Gasteiger partial charge is 0.337 e. The standard InChI is InChI=1S/C22H33NO5/c1-21(2,3)23-13-12-17(14-18(23)20(25)28-22(4,5)6)27-16-10-8-15(9-11-16)19(24)26-7/h8-11,17-18H,12-14H2,1-7H3. The molecule has 2 rings (SSSR count). The molecule has 2 unspecified atom stereocenters. The number of piperidine rings is 1. The van der Waals surface area contributed by atoms with Crippen LogP contribution in [0.15, 0.2) is 24.3 Å². The van der Waals surface area contributed by atoms with Gasteiger partial charge in [0.25, 0.3) is 0 Å².